The molecule has 0 saturated carbocycles. The number of aromatic nitrogens is 1. The van der Waals surface area contributed by atoms with Gasteiger partial charge in [-0.05, 0) is 135 Å². The molecule has 2 aromatic heterocycles. The van der Waals surface area contributed by atoms with Crippen LogP contribution in [0.15, 0.2) is 223 Å². The van der Waals surface area contributed by atoms with E-state index in [4.69, 9.17) is 4.42 Å². The fourth-order valence-electron chi connectivity index (χ4n) is 10.6. The van der Waals surface area contributed by atoms with E-state index in [-0.39, 0.29) is 5.41 Å². The van der Waals surface area contributed by atoms with Gasteiger partial charge in [0.25, 0.3) is 0 Å². The van der Waals surface area contributed by atoms with Gasteiger partial charge in [0.15, 0.2) is 0 Å². The topological polar surface area (TPSA) is 21.3 Å². The molecule has 0 fully saturated rings. The maximum Gasteiger partial charge on any atom is 0.135 e. The van der Waals surface area contributed by atoms with Crippen LogP contribution in [-0.2, 0) is 5.41 Å². The molecule has 0 N–H and O–H groups in total. The average molecular weight is 819 g/mol. The molecule has 0 spiro atoms. The van der Waals surface area contributed by atoms with Crippen molar-refractivity contribution in [2.45, 2.75) is 19.3 Å². The molecule has 0 saturated heterocycles. The van der Waals surface area contributed by atoms with E-state index in [1.54, 1.807) is 0 Å². The average Bonchev–Trinajstić information content (AvgIpc) is 3.96. The monoisotopic (exact) mass is 818 g/mol. The van der Waals surface area contributed by atoms with Crippen LogP contribution in [0.1, 0.15) is 25.0 Å². The van der Waals surface area contributed by atoms with Crippen LogP contribution in [-0.4, -0.2) is 4.57 Å². The van der Waals surface area contributed by atoms with Gasteiger partial charge in [-0.1, -0.05) is 147 Å². The summed E-state index contributed by atoms with van der Waals surface area (Å²) < 4.78 is 8.54. The maximum absolute atomic E-state index is 6.15. The van der Waals surface area contributed by atoms with E-state index in [2.05, 4.69) is 230 Å². The minimum Gasteiger partial charge on any atom is -0.456 e. The summed E-state index contributed by atoms with van der Waals surface area (Å²) >= 11 is 0. The fourth-order valence-corrected chi connectivity index (χ4v) is 10.6. The molecular weight excluding hydrogens is 777 g/mol. The van der Waals surface area contributed by atoms with Crippen molar-refractivity contribution < 1.29 is 4.42 Å². The highest BCUT2D eigenvalue weighted by atomic mass is 16.3. The zero-order chi connectivity index (χ0) is 42.5. The predicted octanol–water partition coefficient (Wildman–Crippen LogP) is 16.9. The second-order valence-electron chi connectivity index (χ2n) is 17.7. The van der Waals surface area contributed by atoms with Crippen molar-refractivity contribution in [1.29, 1.82) is 0 Å². The molecule has 0 bridgehead atoms. The summed E-state index contributed by atoms with van der Waals surface area (Å²) in [6, 6.07) is 79.8. The van der Waals surface area contributed by atoms with E-state index >= 15 is 0 Å². The Kier molecular flexibility index (Phi) is 7.95. The Morgan fingerprint density at radius 2 is 0.969 bits per heavy atom. The standard InChI is InChI=1S/C61H42N2O/c1-61(2)54-37-43(42-26-33-58-52(35-42)50-18-8-10-20-57(50)63(58)44-15-4-3-5-16-44)25-31-48(54)49-32-30-46(38-55(49)61)62(56-21-12-14-40-13-6-7-17-47(40)56)45-28-23-39(24-29-45)41-27-34-60-53(36-41)51-19-9-11-22-59(51)64-60/h3-38H,1-2H3. The lowest BCUT2D eigenvalue weighted by molar-refractivity contribution is 0.660. The minimum atomic E-state index is -0.228. The fraction of sp³-hybridized carbons (Fsp3) is 0.0492. The van der Waals surface area contributed by atoms with Crippen molar-refractivity contribution in [1.82, 2.24) is 4.57 Å². The Balaban J connectivity index is 0.898. The molecule has 0 atom stereocenters. The lowest BCUT2D eigenvalue weighted by Crippen LogP contribution is -2.16. The van der Waals surface area contributed by atoms with Gasteiger partial charge in [-0.2, -0.15) is 0 Å². The first kappa shape index (κ1) is 36.5. The molecule has 12 aromatic rings. The van der Waals surface area contributed by atoms with E-state index in [1.807, 2.05) is 12.1 Å². The second-order valence-corrected chi connectivity index (χ2v) is 17.7. The lowest BCUT2D eigenvalue weighted by atomic mass is 9.81. The van der Waals surface area contributed by atoms with Crippen LogP contribution in [0.2, 0.25) is 0 Å². The summed E-state index contributed by atoms with van der Waals surface area (Å²) in [6.45, 7) is 4.78. The highest BCUT2D eigenvalue weighted by Gasteiger charge is 2.36. The van der Waals surface area contributed by atoms with Crippen LogP contribution < -0.4 is 4.90 Å². The molecule has 10 aromatic carbocycles. The number of para-hydroxylation sites is 3. The van der Waals surface area contributed by atoms with Gasteiger partial charge in [0, 0.05) is 49.4 Å². The van der Waals surface area contributed by atoms with E-state index in [1.165, 1.54) is 71.6 Å². The van der Waals surface area contributed by atoms with E-state index in [9.17, 15) is 0 Å². The molecule has 3 nitrogen and oxygen atoms in total. The Hall–Kier alpha value is -8.14. The third kappa shape index (κ3) is 5.54. The van der Waals surface area contributed by atoms with Crippen LogP contribution in [0, 0.1) is 0 Å². The number of rotatable bonds is 6. The van der Waals surface area contributed by atoms with Crippen LogP contribution in [0.3, 0.4) is 0 Å². The second kappa shape index (κ2) is 13.9. The third-order valence-electron chi connectivity index (χ3n) is 13.8. The normalized spacial score (nSPS) is 13.0. The molecule has 0 radical (unpaired) electrons. The van der Waals surface area contributed by atoms with Crippen molar-refractivity contribution in [2.24, 2.45) is 0 Å². The Bertz CT molecular complexity index is 3810. The van der Waals surface area contributed by atoms with Crippen molar-refractivity contribution in [2.75, 3.05) is 4.90 Å². The SMILES string of the molecule is CC1(C)c2cc(-c3ccc4c(c3)c3ccccc3n4-c3ccccc3)ccc2-c2ccc(N(c3ccc(-c4ccc5oc6ccccc6c5c4)cc3)c3cccc4ccccc34)cc21. The zero-order valence-corrected chi connectivity index (χ0v) is 35.6. The molecule has 64 heavy (non-hydrogen) atoms. The third-order valence-corrected chi connectivity index (χ3v) is 13.8. The number of fused-ring (bicyclic) bond motifs is 10. The van der Waals surface area contributed by atoms with Gasteiger partial charge in [0.05, 0.1) is 16.7 Å². The molecular formula is C61H42N2O. The van der Waals surface area contributed by atoms with Crippen LogP contribution >= 0.6 is 0 Å². The minimum absolute atomic E-state index is 0.228. The highest BCUT2D eigenvalue weighted by Crippen LogP contribution is 2.52. The molecule has 1 aliphatic rings. The molecule has 0 amide bonds. The predicted molar refractivity (Wildman–Crippen MR) is 269 cm³/mol. The molecule has 2 heterocycles. The quantitative estimate of drug-likeness (QED) is 0.167. The van der Waals surface area contributed by atoms with Crippen molar-refractivity contribution in [3.05, 3.63) is 230 Å². The molecule has 302 valence electrons. The number of furan rings is 1. The molecule has 3 heteroatoms. The number of nitrogens with zero attached hydrogens (tertiary/aromatic N) is 2. The summed E-state index contributed by atoms with van der Waals surface area (Å²) in [4.78, 5) is 2.44. The van der Waals surface area contributed by atoms with Gasteiger partial charge in [-0.25, -0.2) is 0 Å². The molecule has 0 unspecified atom stereocenters. The largest absolute Gasteiger partial charge is 0.456 e. The van der Waals surface area contributed by atoms with Gasteiger partial charge < -0.3 is 13.9 Å². The van der Waals surface area contributed by atoms with Crippen molar-refractivity contribution >= 4 is 71.6 Å². The maximum atomic E-state index is 6.15. The first-order chi connectivity index (χ1) is 31.5. The number of hydrogen-bond donors (Lipinski definition) is 0. The van der Waals surface area contributed by atoms with Gasteiger partial charge >= 0.3 is 0 Å². The van der Waals surface area contributed by atoms with Crippen LogP contribution in [0.25, 0.3) is 93.6 Å². The highest BCUT2D eigenvalue weighted by molar-refractivity contribution is 6.11. The van der Waals surface area contributed by atoms with Crippen LogP contribution in [0.4, 0.5) is 17.1 Å². The summed E-state index contributed by atoms with van der Waals surface area (Å²) in [5, 5.41) is 7.23. The van der Waals surface area contributed by atoms with Gasteiger partial charge in [-0.15, -0.1) is 0 Å². The van der Waals surface area contributed by atoms with E-state index in [0.717, 1.165) is 50.1 Å². The summed E-state index contributed by atoms with van der Waals surface area (Å²) in [6.07, 6.45) is 0. The number of benzene rings is 10. The summed E-state index contributed by atoms with van der Waals surface area (Å²) in [5.41, 5.74) is 18.7. The van der Waals surface area contributed by atoms with Crippen molar-refractivity contribution in [3.8, 4) is 39.1 Å². The molecule has 1 aliphatic carbocycles. The van der Waals surface area contributed by atoms with Gasteiger partial charge in [0.1, 0.15) is 11.2 Å². The zero-order valence-electron chi connectivity index (χ0n) is 35.6. The lowest BCUT2D eigenvalue weighted by Gasteiger charge is -2.29. The van der Waals surface area contributed by atoms with E-state index in [0.29, 0.717) is 0 Å². The smallest absolute Gasteiger partial charge is 0.135 e. The number of hydrogen-bond acceptors (Lipinski definition) is 2. The molecule has 13 rings (SSSR count). The van der Waals surface area contributed by atoms with Gasteiger partial charge in [-0.3, -0.25) is 0 Å². The first-order valence-corrected chi connectivity index (χ1v) is 22.2. The number of anilines is 3. The Labute approximate surface area is 371 Å². The summed E-state index contributed by atoms with van der Waals surface area (Å²) in [5.74, 6) is 0. The summed E-state index contributed by atoms with van der Waals surface area (Å²) in [7, 11) is 0. The van der Waals surface area contributed by atoms with Crippen LogP contribution in [0.5, 0.6) is 0 Å². The first-order valence-electron chi connectivity index (χ1n) is 22.2. The van der Waals surface area contributed by atoms with E-state index < -0.39 is 0 Å². The molecule has 0 aliphatic heterocycles. The Morgan fingerprint density at radius 3 is 1.83 bits per heavy atom. The Morgan fingerprint density at radius 1 is 0.391 bits per heavy atom. The van der Waals surface area contributed by atoms with Crippen molar-refractivity contribution in [3.63, 3.8) is 0 Å². The van der Waals surface area contributed by atoms with Gasteiger partial charge in [0.2, 0.25) is 0 Å².